The minimum atomic E-state index is -0.483. The van der Waals surface area contributed by atoms with Gasteiger partial charge < -0.3 is 15.1 Å². The van der Waals surface area contributed by atoms with Gasteiger partial charge in [0.15, 0.2) is 0 Å². The van der Waals surface area contributed by atoms with E-state index >= 15 is 0 Å². The van der Waals surface area contributed by atoms with Gasteiger partial charge in [-0.2, -0.15) is 0 Å². The van der Waals surface area contributed by atoms with E-state index in [0.29, 0.717) is 0 Å². The van der Waals surface area contributed by atoms with Crippen LogP contribution < -0.4 is 5.73 Å². The number of likely N-dealkylation sites (tertiary alicyclic amines) is 1. The summed E-state index contributed by atoms with van der Waals surface area (Å²) in [4.78, 5) is 12.8. The maximum absolute atomic E-state index is 11.2. The molecular weight excluding hydrogens is 168 g/mol. The van der Waals surface area contributed by atoms with Gasteiger partial charge in [0.2, 0.25) is 5.91 Å². The lowest BCUT2D eigenvalue weighted by atomic mass is 9.79. The Morgan fingerprint density at radius 2 is 2.38 bits per heavy atom. The fourth-order valence-electron chi connectivity index (χ4n) is 1.71. The standard InChI is InChI=1S/C9H12N2O2/c1-9(6-4-3-5-13-6)7(10)8(12)11(9)2/h3-5,7H,10H2,1-2H3/t7-,9+/m1/s1. The topological polar surface area (TPSA) is 59.5 Å². The molecular formula is C9H12N2O2. The number of hydrogen-bond acceptors (Lipinski definition) is 3. The molecule has 1 aliphatic rings. The van der Waals surface area contributed by atoms with E-state index in [0.717, 1.165) is 5.76 Å². The molecule has 2 N–H and O–H groups in total. The zero-order chi connectivity index (χ0) is 9.64. The van der Waals surface area contributed by atoms with Gasteiger partial charge in [-0.3, -0.25) is 4.79 Å². The molecule has 0 radical (unpaired) electrons. The lowest BCUT2D eigenvalue weighted by molar-refractivity contribution is -0.159. The molecule has 2 atom stereocenters. The maximum atomic E-state index is 11.2. The van der Waals surface area contributed by atoms with E-state index in [1.165, 1.54) is 0 Å². The Balaban J connectivity index is 2.38. The smallest absolute Gasteiger partial charge is 0.243 e. The number of furan rings is 1. The number of carbonyl (C=O) groups is 1. The Kier molecular flexibility index (Phi) is 1.51. The zero-order valence-corrected chi connectivity index (χ0v) is 7.65. The molecule has 1 fully saturated rings. The largest absolute Gasteiger partial charge is 0.467 e. The molecule has 1 aromatic heterocycles. The van der Waals surface area contributed by atoms with Gasteiger partial charge in [-0.05, 0) is 19.1 Å². The highest BCUT2D eigenvalue weighted by molar-refractivity contribution is 5.90. The van der Waals surface area contributed by atoms with Crippen LogP contribution in [0.25, 0.3) is 0 Å². The first-order valence-electron chi connectivity index (χ1n) is 4.15. The number of likely N-dealkylation sites (N-methyl/N-ethyl adjacent to an activating group) is 1. The highest BCUT2D eigenvalue weighted by Crippen LogP contribution is 2.38. The molecule has 2 heterocycles. The third-order valence-corrected chi connectivity index (χ3v) is 2.92. The molecule has 13 heavy (non-hydrogen) atoms. The average molecular weight is 180 g/mol. The third kappa shape index (κ3) is 0.808. The summed E-state index contributed by atoms with van der Waals surface area (Å²) in [6.45, 7) is 1.90. The highest BCUT2D eigenvalue weighted by Gasteiger charge is 2.56. The molecule has 0 unspecified atom stereocenters. The normalized spacial score (nSPS) is 33.3. The van der Waals surface area contributed by atoms with Crippen molar-refractivity contribution >= 4 is 5.91 Å². The van der Waals surface area contributed by atoms with Crippen LogP contribution in [0.15, 0.2) is 22.8 Å². The first-order valence-corrected chi connectivity index (χ1v) is 4.15. The molecule has 4 nitrogen and oxygen atoms in total. The molecule has 0 bridgehead atoms. The van der Waals surface area contributed by atoms with Crippen LogP contribution in [0, 0.1) is 0 Å². The van der Waals surface area contributed by atoms with Gasteiger partial charge in [0, 0.05) is 7.05 Å². The predicted molar refractivity (Wildman–Crippen MR) is 46.8 cm³/mol. The van der Waals surface area contributed by atoms with Crippen molar-refractivity contribution in [2.24, 2.45) is 5.73 Å². The lowest BCUT2D eigenvalue weighted by Crippen LogP contribution is -2.72. The van der Waals surface area contributed by atoms with Gasteiger partial charge in [0.25, 0.3) is 0 Å². The second kappa shape index (κ2) is 2.35. The van der Waals surface area contributed by atoms with Crippen molar-refractivity contribution < 1.29 is 9.21 Å². The summed E-state index contributed by atoms with van der Waals surface area (Å²) in [6.07, 6.45) is 1.59. The molecule has 0 aromatic carbocycles. The number of nitrogens with two attached hydrogens (primary N) is 1. The molecule has 1 aliphatic heterocycles. The fraction of sp³-hybridized carbons (Fsp3) is 0.444. The molecule has 4 heteroatoms. The van der Waals surface area contributed by atoms with Crippen molar-refractivity contribution in [3.05, 3.63) is 24.2 Å². The van der Waals surface area contributed by atoms with Crippen LogP contribution >= 0.6 is 0 Å². The highest BCUT2D eigenvalue weighted by atomic mass is 16.3. The number of amides is 1. The second-order valence-corrected chi connectivity index (χ2v) is 3.50. The molecule has 70 valence electrons. The van der Waals surface area contributed by atoms with E-state index < -0.39 is 11.6 Å². The van der Waals surface area contributed by atoms with Crippen molar-refractivity contribution in [1.29, 1.82) is 0 Å². The maximum Gasteiger partial charge on any atom is 0.243 e. The minimum Gasteiger partial charge on any atom is -0.467 e. The average Bonchev–Trinajstić information content (AvgIpc) is 2.67. The van der Waals surface area contributed by atoms with E-state index in [2.05, 4.69) is 0 Å². The monoisotopic (exact) mass is 180 g/mol. The predicted octanol–water partition coefficient (Wildman–Crippen LogP) is 0.294. The van der Waals surface area contributed by atoms with Crippen molar-refractivity contribution in [3.63, 3.8) is 0 Å². The van der Waals surface area contributed by atoms with E-state index in [1.54, 1.807) is 24.3 Å². The van der Waals surface area contributed by atoms with Crippen molar-refractivity contribution in [1.82, 2.24) is 4.90 Å². The van der Waals surface area contributed by atoms with E-state index in [4.69, 9.17) is 10.2 Å². The third-order valence-electron chi connectivity index (χ3n) is 2.92. The van der Waals surface area contributed by atoms with Crippen LogP contribution in [-0.2, 0) is 10.3 Å². The number of rotatable bonds is 1. The number of carbonyl (C=O) groups excluding carboxylic acids is 1. The van der Waals surface area contributed by atoms with E-state index in [-0.39, 0.29) is 5.91 Å². The Morgan fingerprint density at radius 3 is 2.85 bits per heavy atom. The Hall–Kier alpha value is -1.29. The van der Waals surface area contributed by atoms with E-state index in [1.807, 2.05) is 13.0 Å². The Morgan fingerprint density at radius 1 is 1.69 bits per heavy atom. The summed E-state index contributed by atoms with van der Waals surface area (Å²) in [6, 6.07) is 3.15. The summed E-state index contributed by atoms with van der Waals surface area (Å²) in [5.41, 5.74) is 5.26. The first-order chi connectivity index (χ1) is 6.08. The van der Waals surface area contributed by atoms with Gasteiger partial charge in [-0.1, -0.05) is 0 Å². The van der Waals surface area contributed by atoms with Crippen molar-refractivity contribution in [3.8, 4) is 0 Å². The van der Waals surface area contributed by atoms with Crippen molar-refractivity contribution in [2.45, 2.75) is 18.5 Å². The Labute approximate surface area is 76.3 Å². The summed E-state index contributed by atoms with van der Waals surface area (Å²) in [5, 5.41) is 0. The number of hydrogen-bond donors (Lipinski definition) is 1. The molecule has 1 amide bonds. The SMILES string of the molecule is CN1C(=O)[C@@H](N)[C@]1(C)c1ccco1. The zero-order valence-electron chi connectivity index (χ0n) is 7.65. The quantitative estimate of drug-likeness (QED) is 0.632. The fourth-order valence-corrected chi connectivity index (χ4v) is 1.71. The van der Waals surface area contributed by atoms with Gasteiger partial charge >= 0.3 is 0 Å². The van der Waals surface area contributed by atoms with E-state index in [9.17, 15) is 4.79 Å². The van der Waals surface area contributed by atoms with Crippen molar-refractivity contribution in [2.75, 3.05) is 7.05 Å². The van der Waals surface area contributed by atoms with Crippen LogP contribution in [-0.4, -0.2) is 23.9 Å². The van der Waals surface area contributed by atoms with Crippen LogP contribution in [0.2, 0.25) is 0 Å². The number of nitrogens with zero attached hydrogens (tertiary/aromatic N) is 1. The summed E-state index contributed by atoms with van der Waals surface area (Å²) >= 11 is 0. The minimum absolute atomic E-state index is 0.0427. The molecule has 1 saturated heterocycles. The summed E-state index contributed by atoms with van der Waals surface area (Å²) in [7, 11) is 1.73. The number of β-lactam (4-membered cyclic amide) rings is 1. The van der Waals surface area contributed by atoms with Crippen LogP contribution in [0.5, 0.6) is 0 Å². The van der Waals surface area contributed by atoms with Gasteiger partial charge in [0.05, 0.1) is 6.26 Å². The molecule has 2 rings (SSSR count). The second-order valence-electron chi connectivity index (χ2n) is 3.50. The van der Waals surface area contributed by atoms with Gasteiger partial charge in [0.1, 0.15) is 17.3 Å². The Bertz CT molecular complexity index is 319. The summed E-state index contributed by atoms with van der Waals surface area (Å²) in [5.74, 6) is 0.695. The molecule has 0 spiro atoms. The first kappa shape index (κ1) is 8.31. The van der Waals surface area contributed by atoms with Gasteiger partial charge in [-0.25, -0.2) is 0 Å². The van der Waals surface area contributed by atoms with Crippen LogP contribution in [0.4, 0.5) is 0 Å². The molecule has 0 aliphatic carbocycles. The van der Waals surface area contributed by atoms with Gasteiger partial charge in [-0.15, -0.1) is 0 Å². The van der Waals surface area contributed by atoms with Crippen LogP contribution in [0.1, 0.15) is 12.7 Å². The lowest BCUT2D eigenvalue weighted by Gasteiger charge is -2.51. The summed E-state index contributed by atoms with van der Waals surface area (Å²) < 4.78 is 5.26. The molecule has 0 saturated carbocycles. The van der Waals surface area contributed by atoms with Crippen LogP contribution in [0.3, 0.4) is 0 Å². The molecule has 1 aromatic rings.